The molecule has 0 saturated carbocycles. The highest BCUT2D eigenvalue weighted by atomic mass is 32.2. The van der Waals surface area contributed by atoms with Crippen LogP contribution in [0.4, 0.5) is 5.82 Å². The molecule has 0 spiro atoms. The summed E-state index contributed by atoms with van der Waals surface area (Å²) in [6.45, 7) is 3.95. The fourth-order valence-electron chi connectivity index (χ4n) is 4.17. The number of benzene rings is 3. The average molecular weight is 506 g/mol. The van der Waals surface area contributed by atoms with E-state index in [9.17, 15) is 8.42 Å². The van der Waals surface area contributed by atoms with Crippen molar-refractivity contribution in [2.45, 2.75) is 26.3 Å². The maximum Gasteiger partial charge on any atom is 0.162 e. The molecule has 0 amide bonds. The lowest BCUT2D eigenvalue weighted by molar-refractivity contribution is 0.356. The predicted molar refractivity (Wildman–Crippen MR) is 145 cm³/mol. The van der Waals surface area contributed by atoms with E-state index in [1.807, 2.05) is 43.3 Å². The second-order valence-corrected chi connectivity index (χ2v) is 11.2. The molecule has 1 atom stereocenters. The number of nitrogens with one attached hydrogen (secondary N) is 1. The van der Waals surface area contributed by atoms with Crippen molar-refractivity contribution in [1.82, 2.24) is 9.97 Å². The first-order valence-electron chi connectivity index (χ1n) is 11.7. The van der Waals surface area contributed by atoms with Gasteiger partial charge in [0.2, 0.25) is 0 Å². The number of hydrogen-bond donors (Lipinski definition) is 1. The molecule has 1 N–H and O–H groups in total. The number of fused-ring (bicyclic) bond motifs is 1. The Kier molecular flexibility index (Phi) is 7.45. The van der Waals surface area contributed by atoms with Gasteiger partial charge in [-0.1, -0.05) is 42.5 Å². The van der Waals surface area contributed by atoms with Crippen molar-refractivity contribution in [2.24, 2.45) is 0 Å². The van der Waals surface area contributed by atoms with Crippen LogP contribution in [0, 0.1) is 6.92 Å². The topological polar surface area (TPSA) is 90.4 Å². The number of aryl methyl sites for hydroxylation is 2. The van der Waals surface area contributed by atoms with Crippen LogP contribution in [0.25, 0.3) is 22.0 Å². The highest BCUT2D eigenvalue weighted by molar-refractivity contribution is 7.90. The Hall–Kier alpha value is -3.65. The van der Waals surface area contributed by atoms with Crippen LogP contribution in [-0.4, -0.2) is 44.6 Å². The van der Waals surface area contributed by atoms with Gasteiger partial charge in [-0.3, -0.25) is 0 Å². The number of nitrogens with zero attached hydrogens (tertiary/aromatic N) is 2. The van der Waals surface area contributed by atoms with Crippen molar-refractivity contribution in [3.63, 3.8) is 0 Å². The minimum Gasteiger partial charge on any atom is -0.493 e. The Bertz CT molecular complexity index is 1500. The standard InChI is InChI=1S/C28H31N3O4S/c1-18(29-28-24-16-26(34-3)27(35-4)17-25(24)30-19(2)31-28)21-9-7-11-23(15-21)22-10-6-8-20(14-22)12-13-36(5,32)33/h6-11,14-18H,12-13H2,1-5H3,(H,29,30,31)/t18-/m1/s1. The molecule has 8 heteroatoms. The van der Waals surface area contributed by atoms with Gasteiger partial charge in [0.05, 0.1) is 25.5 Å². The number of hydrogen-bond acceptors (Lipinski definition) is 7. The third-order valence-electron chi connectivity index (χ3n) is 6.07. The van der Waals surface area contributed by atoms with E-state index >= 15 is 0 Å². The Balaban J connectivity index is 1.62. The number of anilines is 1. The van der Waals surface area contributed by atoms with Crippen molar-refractivity contribution in [3.05, 3.63) is 77.6 Å². The molecule has 4 rings (SSSR count). The fraction of sp³-hybridized carbons (Fsp3) is 0.286. The maximum atomic E-state index is 11.6. The molecular formula is C28H31N3O4S. The van der Waals surface area contributed by atoms with Gasteiger partial charge in [-0.25, -0.2) is 18.4 Å². The van der Waals surface area contributed by atoms with E-state index in [2.05, 4.69) is 46.5 Å². The largest absolute Gasteiger partial charge is 0.493 e. The number of methoxy groups -OCH3 is 2. The van der Waals surface area contributed by atoms with Crippen molar-refractivity contribution in [3.8, 4) is 22.6 Å². The molecule has 188 valence electrons. The van der Waals surface area contributed by atoms with Gasteiger partial charge >= 0.3 is 0 Å². The van der Waals surface area contributed by atoms with Crippen molar-refractivity contribution < 1.29 is 17.9 Å². The van der Waals surface area contributed by atoms with Gasteiger partial charge in [0.15, 0.2) is 11.5 Å². The van der Waals surface area contributed by atoms with Crippen molar-refractivity contribution in [2.75, 3.05) is 31.5 Å². The second kappa shape index (κ2) is 10.5. The first-order chi connectivity index (χ1) is 17.2. The molecular weight excluding hydrogens is 474 g/mol. The quantitative estimate of drug-likeness (QED) is 0.326. The zero-order valence-corrected chi connectivity index (χ0v) is 22.0. The lowest BCUT2D eigenvalue weighted by Gasteiger charge is -2.18. The summed E-state index contributed by atoms with van der Waals surface area (Å²) in [7, 11) is 0.203. The van der Waals surface area contributed by atoms with Crippen LogP contribution in [0.15, 0.2) is 60.7 Å². The third kappa shape index (κ3) is 5.94. The number of ether oxygens (including phenoxy) is 2. The normalized spacial score (nSPS) is 12.4. The van der Waals surface area contributed by atoms with Gasteiger partial charge in [-0.05, 0) is 54.7 Å². The minimum atomic E-state index is -3.01. The molecule has 0 fully saturated rings. The molecule has 0 aliphatic heterocycles. The van der Waals surface area contributed by atoms with E-state index in [0.717, 1.165) is 39.0 Å². The first kappa shape index (κ1) is 25.4. The zero-order chi connectivity index (χ0) is 25.9. The van der Waals surface area contributed by atoms with E-state index in [-0.39, 0.29) is 11.8 Å². The van der Waals surface area contributed by atoms with Crippen LogP contribution in [0.5, 0.6) is 11.5 Å². The molecule has 7 nitrogen and oxygen atoms in total. The maximum absolute atomic E-state index is 11.6. The molecule has 3 aromatic carbocycles. The first-order valence-corrected chi connectivity index (χ1v) is 13.8. The summed E-state index contributed by atoms with van der Waals surface area (Å²) in [5.41, 5.74) is 4.99. The lowest BCUT2D eigenvalue weighted by Crippen LogP contribution is -2.10. The highest BCUT2D eigenvalue weighted by Gasteiger charge is 2.15. The van der Waals surface area contributed by atoms with Gasteiger partial charge in [-0.2, -0.15) is 0 Å². The van der Waals surface area contributed by atoms with Gasteiger partial charge in [0, 0.05) is 23.8 Å². The molecule has 0 aliphatic rings. The SMILES string of the molecule is COc1cc2nc(C)nc(N[C@H](C)c3cccc(-c4cccc(CCS(C)(=O)=O)c4)c3)c2cc1OC. The van der Waals surface area contributed by atoms with E-state index in [0.29, 0.717) is 23.7 Å². The third-order valence-corrected chi connectivity index (χ3v) is 7.02. The molecule has 0 saturated heterocycles. The van der Waals surface area contributed by atoms with Gasteiger partial charge in [-0.15, -0.1) is 0 Å². The van der Waals surface area contributed by atoms with Crippen LogP contribution in [0.3, 0.4) is 0 Å². The Labute approximate surface area is 212 Å². The fourth-order valence-corrected chi connectivity index (χ4v) is 4.77. The van der Waals surface area contributed by atoms with Crippen LogP contribution in [0.2, 0.25) is 0 Å². The number of aromatic nitrogens is 2. The van der Waals surface area contributed by atoms with Gasteiger partial charge < -0.3 is 14.8 Å². The summed E-state index contributed by atoms with van der Waals surface area (Å²) < 4.78 is 34.1. The summed E-state index contributed by atoms with van der Waals surface area (Å²) >= 11 is 0. The van der Waals surface area contributed by atoms with Crippen LogP contribution >= 0.6 is 0 Å². The zero-order valence-electron chi connectivity index (χ0n) is 21.2. The summed E-state index contributed by atoms with van der Waals surface area (Å²) in [5, 5.41) is 4.39. The molecule has 0 bridgehead atoms. The summed E-state index contributed by atoms with van der Waals surface area (Å²) in [6.07, 6.45) is 1.77. The molecule has 1 aromatic heterocycles. The smallest absolute Gasteiger partial charge is 0.162 e. The van der Waals surface area contributed by atoms with Crippen LogP contribution in [-0.2, 0) is 16.3 Å². The molecule has 0 aliphatic carbocycles. The van der Waals surface area contributed by atoms with Gasteiger partial charge in [0.25, 0.3) is 0 Å². The Morgan fingerprint density at radius 3 is 2.28 bits per heavy atom. The molecule has 36 heavy (non-hydrogen) atoms. The summed E-state index contributed by atoms with van der Waals surface area (Å²) in [4.78, 5) is 9.23. The number of sulfone groups is 1. The van der Waals surface area contributed by atoms with E-state index in [4.69, 9.17) is 9.47 Å². The molecule has 0 unspecified atom stereocenters. The Morgan fingerprint density at radius 2 is 1.58 bits per heavy atom. The van der Waals surface area contributed by atoms with E-state index in [1.54, 1.807) is 14.2 Å². The van der Waals surface area contributed by atoms with Crippen LogP contribution in [0.1, 0.15) is 29.9 Å². The van der Waals surface area contributed by atoms with E-state index in [1.165, 1.54) is 6.26 Å². The summed E-state index contributed by atoms with van der Waals surface area (Å²) in [5.74, 6) is 2.75. The van der Waals surface area contributed by atoms with Gasteiger partial charge in [0.1, 0.15) is 21.5 Å². The highest BCUT2D eigenvalue weighted by Crippen LogP contribution is 2.35. The number of rotatable bonds is 9. The average Bonchev–Trinajstić information content (AvgIpc) is 2.86. The molecule has 4 aromatic rings. The lowest BCUT2D eigenvalue weighted by atomic mass is 9.98. The predicted octanol–water partition coefficient (Wildman–Crippen LogP) is 5.38. The van der Waals surface area contributed by atoms with Crippen molar-refractivity contribution in [1.29, 1.82) is 0 Å². The monoisotopic (exact) mass is 505 g/mol. The minimum absolute atomic E-state index is 0.0380. The van der Waals surface area contributed by atoms with Crippen LogP contribution < -0.4 is 14.8 Å². The van der Waals surface area contributed by atoms with Crippen molar-refractivity contribution >= 4 is 26.6 Å². The summed E-state index contributed by atoms with van der Waals surface area (Å²) in [6, 6.07) is 20.1. The molecule has 0 radical (unpaired) electrons. The Morgan fingerprint density at radius 1 is 0.917 bits per heavy atom. The second-order valence-electron chi connectivity index (χ2n) is 8.92. The molecule has 1 heterocycles. The van der Waals surface area contributed by atoms with E-state index < -0.39 is 9.84 Å².